The number of nitrogens with zero attached hydrogens (tertiary/aromatic N) is 4. The van der Waals surface area contributed by atoms with E-state index in [2.05, 4.69) is 104 Å². The van der Waals surface area contributed by atoms with E-state index < -0.39 is 0 Å². The third kappa shape index (κ3) is 4.67. The fourth-order valence-corrected chi connectivity index (χ4v) is 6.96. The maximum absolute atomic E-state index is 6.08. The fraction of sp³-hybridized carbons (Fsp3) is 0.0714. The van der Waals surface area contributed by atoms with Gasteiger partial charge < -0.3 is 9.32 Å². The number of aromatic nitrogens is 3. The van der Waals surface area contributed by atoms with E-state index in [4.69, 9.17) is 19.4 Å². The van der Waals surface area contributed by atoms with Gasteiger partial charge in [0.05, 0.1) is 22.4 Å². The zero-order valence-electron chi connectivity index (χ0n) is 26.1. The van der Waals surface area contributed by atoms with Crippen molar-refractivity contribution in [3.05, 3.63) is 156 Å². The third-order valence-electron chi connectivity index (χ3n) is 9.02. The average molecular weight is 607 g/mol. The van der Waals surface area contributed by atoms with Gasteiger partial charge in [-0.25, -0.2) is 15.0 Å². The minimum absolute atomic E-state index is 0.617. The molecule has 0 saturated carbocycles. The van der Waals surface area contributed by atoms with Crippen molar-refractivity contribution in [3.8, 4) is 34.0 Å². The number of aryl methyl sites for hydroxylation is 2. The molecule has 0 unspecified atom stereocenters. The largest absolute Gasteiger partial charge is 0.436 e. The predicted octanol–water partition coefficient (Wildman–Crippen LogP) is 10.8. The molecule has 1 aliphatic carbocycles. The van der Waals surface area contributed by atoms with Gasteiger partial charge in [-0.2, -0.15) is 0 Å². The lowest BCUT2D eigenvalue weighted by Gasteiger charge is -2.29. The Morgan fingerprint density at radius 2 is 1.21 bits per heavy atom. The highest BCUT2D eigenvalue weighted by atomic mass is 16.3. The molecule has 224 valence electrons. The molecule has 0 saturated heterocycles. The van der Waals surface area contributed by atoms with E-state index in [1.165, 1.54) is 27.8 Å². The highest BCUT2D eigenvalue weighted by Gasteiger charge is 2.25. The lowest BCUT2D eigenvalue weighted by Crippen LogP contribution is -2.14. The Labute approximate surface area is 272 Å². The predicted molar refractivity (Wildman–Crippen MR) is 190 cm³/mol. The summed E-state index contributed by atoms with van der Waals surface area (Å²) in [6.45, 7) is 4.36. The monoisotopic (exact) mass is 606 g/mol. The molecule has 6 aromatic carbocycles. The Hall–Kier alpha value is -6.07. The Kier molecular flexibility index (Phi) is 6.25. The number of rotatable bonds is 4. The van der Waals surface area contributed by atoms with Crippen LogP contribution in [0.25, 0.3) is 56.1 Å². The van der Waals surface area contributed by atoms with Gasteiger partial charge in [0, 0.05) is 40.2 Å². The van der Waals surface area contributed by atoms with E-state index in [9.17, 15) is 0 Å². The van der Waals surface area contributed by atoms with Gasteiger partial charge in [0.1, 0.15) is 5.52 Å². The molecule has 9 rings (SSSR count). The lowest BCUT2D eigenvalue weighted by molar-refractivity contribution is 0.620. The summed E-state index contributed by atoms with van der Waals surface area (Å²) in [4.78, 5) is 17.5. The van der Waals surface area contributed by atoms with Crippen LogP contribution in [0.1, 0.15) is 22.3 Å². The second-order valence-corrected chi connectivity index (χ2v) is 12.3. The molecule has 2 bridgehead atoms. The van der Waals surface area contributed by atoms with E-state index in [0.29, 0.717) is 5.89 Å². The third-order valence-corrected chi connectivity index (χ3v) is 9.02. The molecule has 0 aliphatic heterocycles. The summed E-state index contributed by atoms with van der Waals surface area (Å²) in [6, 6.07) is 46.3. The lowest BCUT2D eigenvalue weighted by atomic mass is 9.86. The van der Waals surface area contributed by atoms with Crippen molar-refractivity contribution < 1.29 is 4.42 Å². The molecule has 5 nitrogen and oxygen atoms in total. The minimum Gasteiger partial charge on any atom is -0.436 e. The molecule has 47 heavy (non-hydrogen) atoms. The molecule has 0 spiro atoms. The van der Waals surface area contributed by atoms with Crippen molar-refractivity contribution in [2.24, 2.45) is 0 Å². The van der Waals surface area contributed by atoms with Gasteiger partial charge in [-0.3, -0.25) is 0 Å². The number of hydrogen-bond acceptors (Lipinski definition) is 5. The number of para-hydroxylation sites is 5. The van der Waals surface area contributed by atoms with Gasteiger partial charge in [0.15, 0.2) is 5.58 Å². The first-order chi connectivity index (χ1) is 23.1. The Morgan fingerprint density at radius 1 is 0.553 bits per heavy atom. The molecule has 8 aromatic rings. The SMILES string of the molecule is Cc1cc(C)c2c(c1)Cc1cc(ccc1N(c1ccccc1)c1ccc(-c3nc4ccccc4o3)cc1)-c1nc3ccccc3nc1-2. The van der Waals surface area contributed by atoms with Gasteiger partial charge in [0.25, 0.3) is 0 Å². The van der Waals surface area contributed by atoms with E-state index in [1.807, 2.05) is 48.5 Å². The zero-order chi connectivity index (χ0) is 31.5. The normalized spacial score (nSPS) is 12.0. The van der Waals surface area contributed by atoms with Crippen LogP contribution in [0.3, 0.4) is 0 Å². The summed E-state index contributed by atoms with van der Waals surface area (Å²) in [5.74, 6) is 0.617. The summed E-state index contributed by atoms with van der Waals surface area (Å²) in [7, 11) is 0. The maximum atomic E-state index is 6.08. The quantitative estimate of drug-likeness (QED) is 0.199. The fourth-order valence-electron chi connectivity index (χ4n) is 6.96. The van der Waals surface area contributed by atoms with Crippen LogP contribution in [0.2, 0.25) is 0 Å². The number of fused-ring (bicyclic) bond motifs is 8. The Bertz CT molecular complexity index is 2430. The summed E-state index contributed by atoms with van der Waals surface area (Å²) in [5, 5.41) is 0. The standard InChI is InChI=1S/C42H30N4O/c1-26-22-27(2)39-31(23-26)25-30-24-29(40-41(39)44-35-13-7-6-12-34(35)43-40)18-21-37(30)46(32-10-4-3-5-11-32)33-19-16-28(17-20-33)42-45-36-14-8-9-15-38(36)47-42/h3-24H,25H2,1-2H3. The number of hydrogen-bond donors (Lipinski definition) is 0. The summed E-state index contributed by atoms with van der Waals surface area (Å²) in [6.07, 6.45) is 0.763. The van der Waals surface area contributed by atoms with Crippen LogP contribution >= 0.6 is 0 Å². The van der Waals surface area contributed by atoms with Crippen molar-refractivity contribution >= 4 is 39.2 Å². The molecule has 0 N–H and O–H groups in total. The molecule has 1 aliphatic rings. The molecular formula is C42H30N4O. The molecule has 0 fully saturated rings. The van der Waals surface area contributed by atoms with E-state index in [-0.39, 0.29) is 0 Å². The van der Waals surface area contributed by atoms with Crippen molar-refractivity contribution in [2.45, 2.75) is 20.3 Å². The molecule has 0 atom stereocenters. The molecule has 2 heterocycles. The van der Waals surface area contributed by atoms with Gasteiger partial charge in [-0.15, -0.1) is 0 Å². The van der Waals surface area contributed by atoms with E-state index in [0.717, 1.165) is 68.1 Å². The first kappa shape index (κ1) is 27.3. The Morgan fingerprint density at radius 3 is 1.98 bits per heavy atom. The summed E-state index contributed by atoms with van der Waals surface area (Å²) < 4.78 is 6.08. The zero-order valence-corrected chi connectivity index (χ0v) is 26.1. The van der Waals surface area contributed by atoms with Crippen molar-refractivity contribution in [2.75, 3.05) is 4.90 Å². The average Bonchev–Trinajstić information content (AvgIpc) is 3.53. The van der Waals surface area contributed by atoms with Crippen LogP contribution in [0.4, 0.5) is 17.1 Å². The van der Waals surface area contributed by atoms with Crippen LogP contribution in [0.15, 0.2) is 138 Å². The molecule has 0 radical (unpaired) electrons. The van der Waals surface area contributed by atoms with Gasteiger partial charge in [-0.05, 0) is 103 Å². The van der Waals surface area contributed by atoms with Gasteiger partial charge in [0.2, 0.25) is 5.89 Å². The summed E-state index contributed by atoms with van der Waals surface area (Å²) in [5.41, 5.74) is 16.7. The van der Waals surface area contributed by atoms with Crippen molar-refractivity contribution in [1.29, 1.82) is 0 Å². The molecular weight excluding hydrogens is 576 g/mol. The first-order valence-corrected chi connectivity index (χ1v) is 15.9. The number of benzene rings is 6. The second-order valence-electron chi connectivity index (χ2n) is 12.3. The highest BCUT2D eigenvalue weighted by molar-refractivity contribution is 5.91. The minimum atomic E-state index is 0.617. The van der Waals surface area contributed by atoms with Crippen LogP contribution < -0.4 is 4.90 Å². The highest BCUT2D eigenvalue weighted by Crippen LogP contribution is 2.44. The number of anilines is 3. The Balaban J connectivity index is 1.22. The second kappa shape index (κ2) is 10.8. The van der Waals surface area contributed by atoms with Crippen LogP contribution in [-0.4, -0.2) is 15.0 Å². The first-order valence-electron chi connectivity index (χ1n) is 15.9. The van der Waals surface area contributed by atoms with Crippen molar-refractivity contribution in [1.82, 2.24) is 15.0 Å². The van der Waals surface area contributed by atoms with Crippen molar-refractivity contribution in [3.63, 3.8) is 0 Å². The van der Waals surface area contributed by atoms with Crippen LogP contribution in [0, 0.1) is 13.8 Å². The molecule has 0 amide bonds. The smallest absolute Gasteiger partial charge is 0.227 e. The van der Waals surface area contributed by atoms with E-state index in [1.54, 1.807) is 0 Å². The van der Waals surface area contributed by atoms with E-state index >= 15 is 0 Å². The van der Waals surface area contributed by atoms with Gasteiger partial charge in [-0.1, -0.05) is 66.2 Å². The number of oxazole rings is 1. The molecule has 2 aromatic heterocycles. The maximum Gasteiger partial charge on any atom is 0.227 e. The van der Waals surface area contributed by atoms with Crippen LogP contribution in [-0.2, 0) is 6.42 Å². The van der Waals surface area contributed by atoms with Crippen LogP contribution in [0.5, 0.6) is 0 Å². The van der Waals surface area contributed by atoms with Gasteiger partial charge >= 0.3 is 0 Å². The summed E-state index contributed by atoms with van der Waals surface area (Å²) >= 11 is 0. The molecule has 5 heteroatoms. The topological polar surface area (TPSA) is 55.1 Å².